The van der Waals surface area contributed by atoms with E-state index in [0.717, 1.165) is 16.5 Å². The van der Waals surface area contributed by atoms with Gasteiger partial charge in [-0.3, -0.25) is 0 Å². The second-order valence-electron chi connectivity index (χ2n) is 2.53. The van der Waals surface area contributed by atoms with Crippen LogP contribution in [0.15, 0.2) is 22.2 Å². The molecule has 0 aromatic rings. The van der Waals surface area contributed by atoms with Crippen LogP contribution in [0.25, 0.3) is 0 Å². The van der Waals surface area contributed by atoms with Gasteiger partial charge in [0.2, 0.25) is 0 Å². The Balaban J connectivity index is 0.000000500. The van der Waals surface area contributed by atoms with E-state index in [1.54, 1.807) is 0 Å². The van der Waals surface area contributed by atoms with E-state index in [1.165, 1.54) is 0 Å². The molecule has 0 N–H and O–H groups in total. The third kappa shape index (κ3) is 1.09. The third-order valence-corrected chi connectivity index (χ3v) is 3.03. The third-order valence-electron chi connectivity index (χ3n) is 1.96. The van der Waals surface area contributed by atoms with Crippen molar-refractivity contribution in [3.63, 3.8) is 0 Å². The smallest absolute Gasteiger partial charge is 0.0400 e. The Morgan fingerprint density at radius 1 is 1.10 bits per heavy atom. The molecule has 0 saturated carbocycles. The fourth-order valence-corrected chi connectivity index (χ4v) is 2.03. The second-order valence-corrected chi connectivity index (χ2v) is 3.34. The van der Waals surface area contributed by atoms with E-state index in [4.69, 9.17) is 23.2 Å². The van der Waals surface area contributed by atoms with Crippen LogP contribution in [0.5, 0.6) is 0 Å². The summed E-state index contributed by atoms with van der Waals surface area (Å²) in [5.41, 5.74) is 0. The van der Waals surface area contributed by atoms with Crippen molar-refractivity contribution in [2.45, 2.75) is 6.42 Å². The number of hydrogen-bond donors (Lipinski definition) is 0. The van der Waals surface area contributed by atoms with Crippen molar-refractivity contribution in [1.82, 2.24) is 0 Å². The molecule has 0 nitrogen and oxygen atoms in total. The van der Waals surface area contributed by atoms with Gasteiger partial charge in [-0.15, -0.1) is 0 Å². The van der Waals surface area contributed by atoms with Gasteiger partial charge in [0.25, 0.3) is 0 Å². The Hall–Kier alpha value is 0.683. The van der Waals surface area contributed by atoms with Crippen LogP contribution in [0, 0.1) is 11.8 Å². The van der Waals surface area contributed by atoms with E-state index in [2.05, 4.69) is 12.2 Å². The first kappa shape index (κ1) is 8.78. The zero-order valence-electron chi connectivity index (χ0n) is 5.13. The van der Waals surface area contributed by atoms with Crippen molar-refractivity contribution < 1.29 is 19.5 Å². The molecule has 0 aliphatic heterocycles. The number of allylic oxidation sites excluding steroid dienone is 4. The van der Waals surface area contributed by atoms with Gasteiger partial charge in [-0.05, 0) is 6.42 Å². The van der Waals surface area contributed by atoms with E-state index in [0.29, 0.717) is 11.8 Å². The first-order valence-corrected chi connectivity index (χ1v) is 3.78. The summed E-state index contributed by atoms with van der Waals surface area (Å²) < 4.78 is 0. The minimum absolute atomic E-state index is 0. The maximum atomic E-state index is 5.86. The van der Waals surface area contributed by atoms with Crippen molar-refractivity contribution in [3.05, 3.63) is 22.2 Å². The molecule has 2 unspecified atom stereocenters. The maximum Gasteiger partial charge on any atom is 0.0400 e. The Morgan fingerprint density at radius 3 is 1.70 bits per heavy atom. The van der Waals surface area contributed by atoms with Crippen LogP contribution < -0.4 is 0 Å². The zero-order valence-corrected chi connectivity index (χ0v) is 8.38. The second kappa shape index (κ2) is 2.97. The molecular formula is C7H6Cl2Ru. The largest absolute Gasteiger partial charge is 0.0872 e. The quantitative estimate of drug-likeness (QED) is 0.465. The minimum atomic E-state index is 0. The topological polar surface area (TPSA) is 0 Å². The first-order chi connectivity index (χ1) is 4.29. The molecule has 0 radical (unpaired) electrons. The minimum Gasteiger partial charge on any atom is -0.0872 e. The molecule has 56 valence electrons. The van der Waals surface area contributed by atoms with Gasteiger partial charge in [0.1, 0.15) is 0 Å². The Bertz CT molecular complexity index is 188. The summed E-state index contributed by atoms with van der Waals surface area (Å²) >= 11 is 11.7. The van der Waals surface area contributed by atoms with Gasteiger partial charge >= 0.3 is 0 Å². The van der Waals surface area contributed by atoms with Crippen molar-refractivity contribution >= 4 is 23.2 Å². The Morgan fingerprint density at radius 2 is 1.50 bits per heavy atom. The normalized spacial score (nSPS) is 35.0. The summed E-state index contributed by atoms with van der Waals surface area (Å²) in [6.07, 6.45) is 5.38. The van der Waals surface area contributed by atoms with E-state index < -0.39 is 0 Å². The van der Waals surface area contributed by atoms with E-state index >= 15 is 0 Å². The number of fused-ring (bicyclic) bond motifs is 2. The summed E-state index contributed by atoms with van der Waals surface area (Å²) in [5.74, 6) is 0.897. The average molecular weight is 262 g/mol. The van der Waals surface area contributed by atoms with Crippen LogP contribution in [0.2, 0.25) is 0 Å². The Labute approximate surface area is 83.0 Å². The van der Waals surface area contributed by atoms with Crippen molar-refractivity contribution in [3.8, 4) is 0 Å². The van der Waals surface area contributed by atoms with Crippen LogP contribution in [-0.2, 0) is 19.5 Å². The number of rotatable bonds is 0. The molecule has 0 heterocycles. The van der Waals surface area contributed by atoms with Crippen molar-refractivity contribution in [2.24, 2.45) is 11.8 Å². The molecule has 0 aromatic heterocycles. The summed E-state index contributed by atoms with van der Waals surface area (Å²) in [6.45, 7) is 0. The van der Waals surface area contributed by atoms with E-state index in [9.17, 15) is 0 Å². The molecule has 2 bridgehead atoms. The first-order valence-electron chi connectivity index (χ1n) is 3.02. The monoisotopic (exact) mass is 262 g/mol. The predicted octanol–water partition coefficient (Wildman–Crippen LogP) is 2.88. The van der Waals surface area contributed by atoms with Crippen molar-refractivity contribution in [1.29, 1.82) is 0 Å². The van der Waals surface area contributed by atoms with Crippen LogP contribution in [0.1, 0.15) is 6.42 Å². The molecular weight excluding hydrogens is 256 g/mol. The van der Waals surface area contributed by atoms with Gasteiger partial charge < -0.3 is 0 Å². The van der Waals surface area contributed by atoms with Crippen LogP contribution in [-0.4, -0.2) is 0 Å². The van der Waals surface area contributed by atoms with Gasteiger partial charge in [-0.25, -0.2) is 0 Å². The summed E-state index contributed by atoms with van der Waals surface area (Å²) in [7, 11) is 0. The predicted molar refractivity (Wildman–Crippen MR) is 39.5 cm³/mol. The van der Waals surface area contributed by atoms with Gasteiger partial charge in [0.05, 0.1) is 0 Å². The molecule has 3 heteroatoms. The van der Waals surface area contributed by atoms with E-state index in [1.807, 2.05) is 0 Å². The molecule has 2 aliphatic rings. The number of hydrogen-bond acceptors (Lipinski definition) is 0. The molecule has 2 aliphatic carbocycles. The van der Waals surface area contributed by atoms with Crippen molar-refractivity contribution in [2.75, 3.05) is 0 Å². The van der Waals surface area contributed by atoms with Gasteiger partial charge in [-0.2, -0.15) is 0 Å². The summed E-state index contributed by atoms with van der Waals surface area (Å²) in [4.78, 5) is 0. The maximum absolute atomic E-state index is 5.86. The SMILES string of the molecule is ClC1=C(Cl)C2C=CC1C2.[Ru]. The number of halogens is 2. The standard InChI is InChI=1S/C7H6Cl2.Ru/c8-6-4-1-2-5(3-4)7(6)9;/h1-2,4-5H,3H2;. The Kier molecular flexibility index (Phi) is 2.61. The zero-order chi connectivity index (χ0) is 6.43. The molecule has 0 fully saturated rings. The van der Waals surface area contributed by atoms with Gasteiger partial charge in [-0.1, -0.05) is 35.4 Å². The van der Waals surface area contributed by atoms with E-state index in [-0.39, 0.29) is 19.5 Å². The molecule has 0 spiro atoms. The van der Waals surface area contributed by atoms with Crippen LogP contribution in [0.3, 0.4) is 0 Å². The van der Waals surface area contributed by atoms with Crippen LogP contribution in [0.4, 0.5) is 0 Å². The molecule has 10 heavy (non-hydrogen) atoms. The van der Waals surface area contributed by atoms with Gasteiger partial charge in [0, 0.05) is 41.4 Å². The van der Waals surface area contributed by atoms with Gasteiger partial charge in [0.15, 0.2) is 0 Å². The molecule has 2 rings (SSSR count). The molecule has 0 aromatic carbocycles. The molecule has 2 atom stereocenters. The average Bonchev–Trinajstić information content (AvgIpc) is 2.37. The van der Waals surface area contributed by atoms with Crippen LogP contribution >= 0.6 is 23.2 Å². The fraction of sp³-hybridized carbons (Fsp3) is 0.429. The summed E-state index contributed by atoms with van der Waals surface area (Å²) in [6, 6.07) is 0. The summed E-state index contributed by atoms with van der Waals surface area (Å²) in [5, 5.41) is 1.73. The molecule has 0 amide bonds. The molecule has 0 saturated heterocycles. The fourth-order valence-electron chi connectivity index (χ4n) is 1.43.